The molecule has 0 atom stereocenters. The van der Waals surface area contributed by atoms with Gasteiger partial charge in [0, 0.05) is 12.1 Å². The number of carbonyl (C=O) groups is 1. The van der Waals surface area contributed by atoms with Crippen LogP contribution in [0.4, 0.5) is 4.39 Å². The quantitative estimate of drug-likeness (QED) is 0.848. The fourth-order valence-electron chi connectivity index (χ4n) is 0.942. The van der Waals surface area contributed by atoms with Gasteiger partial charge < -0.3 is 11.1 Å². The van der Waals surface area contributed by atoms with E-state index in [1.165, 1.54) is 24.3 Å². The van der Waals surface area contributed by atoms with Crippen LogP contribution in [0.15, 0.2) is 24.3 Å². The molecule has 0 fully saturated rings. The van der Waals surface area contributed by atoms with E-state index in [2.05, 4.69) is 12.2 Å². The van der Waals surface area contributed by atoms with Crippen LogP contribution in [0.5, 0.6) is 0 Å². The SMILES string of the molecule is CCCN.CCCNC(=O)c1ccc(F)cc1. The summed E-state index contributed by atoms with van der Waals surface area (Å²) in [4.78, 5) is 11.3. The Labute approximate surface area is 102 Å². The second kappa shape index (κ2) is 9.78. The number of nitrogens with two attached hydrogens (primary N) is 1. The van der Waals surface area contributed by atoms with Crippen molar-refractivity contribution in [3.63, 3.8) is 0 Å². The van der Waals surface area contributed by atoms with Crippen LogP contribution in [-0.2, 0) is 0 Å². The smallest absolute Gasteiger partial charge is 0.251 e. The molecule has 3 N–H and O–H groups in total. The highest BCUT2D eigenvalue weighted by Gasteiger charge is 2.02. The van der Waals surface area contributed by atoms with Crippen LogP contribution in [0.3, 0.4) is 0 Å². The van der Waals surface area contributed by atoms with Gasteiger partial charge in [0.1, 0.15) is 5.82 Å². The Kier molecular flexibility index (Phi) is 8.96. The van der Waals surface area contributed by atoms with E-state index in [0.717, 1.165) is 19.4 Å². The summed E-state index contributed by atoms with van der Waals surface area (Å²) < 4.78 is 12.5. The fourth-order valence-corrected chi connectivity index (χ4v) is 0.942. The lowest BCUT2D eigenvalue weighted by molar-refractivity contribution is 0.0953. The van der Waals surface area contributed by atoms with Crippen molar-refractivity contribution in [1.29, 1.82) is 0 Å². The third kappa shape index (κ3) is 7.47. The summed E-state index contributed by atoms with van der Waals surface area (Å²) in [6, 6.07) is 5.50. The van der Waals surface area contributed by atoms with E-state index in [4.69, 9.17) is 5.73 Å². The maximum Gasteiger partial charge on any atom is 0.251 e. The van der Waals surface area contributed by atoms with Crippen LogP contribution < -0.4 is 11.1 Å². The molecule has 1 rings (SSSR count). The second-order valence-electron chi connectivity index (χ2n) is 3.55. The first-order valence-corrected chi connectivity index (χ1v) is 5.89. The summed E-state index contributed by atoms with van der Waals surface area (Å²) in [6.07, 6.45) is 1.99. The lowest BCUT2D eigenvalue weighted by Crippen LogP contribution is -2.23. The number of nitrogens with one attached hydrogen (secondary N) is 1. The molecule has 0 saturated heterocycles. The first-order chi connectivity index (χ1) is 8.15. The van der Waals surface area contributed by atoms with E-state index < -0.39 is 0 Å². The first kappa shape index (κ1) is 15.6. The van der Waals surface area contributed by atoms with Gasteiger partial charge >= 0.3 is 0 Å². The molecule has 1 aromatic carbocycles. The van der Waals surface area contributed by atoms with Gasteiger partial charge in [0.2, 0.25) is 0 Å². The van der Waals surface area contributed by atoms with Gasteiger partial charge in [0.05, 0.1) is 0 Å². The maximum absolute atomic E-state index is 12.5. The standard InChI is InChI=1S/C10H12FNO.C3H9N/c1-2-7-12-10(13)8-3-5-9(11)6-4-8;1-2-3-4/h3-6H,2,7H2,1H3,(H,12,13);2-4H2,1H3. The Bertz CT molecular complexity index is 310. The number of hydrogen-bond acceptors (Lipinski definition) is 2. The Balaban J connectivity index is 0.000000557. The minimum atomic E-state index is -0.327. The van der Waals surface area contributed by atoms with Crippen molar-refractivity contribution in [2.45, 2.75) is 26.7 Å². The molecule has 0 aliphatic carbocycles. The molecule has 0 radical (unpaired) electrons. The number of halogens is 1. The number of amides is 1. The molecule has 4 heteroatoms. The molecule has 3 nitrogen and oxygen atoms in total. The molecular formula is C13H21FN2O. The summed E-state index contributed by atoms with van der Waals surface area (Å²) in [6.45, 7) is 5.50. The average molecular weight is 240 g/mol. The number of carbonyl (C=O) groups excluding carboxylic acids is 1. The fraction of sp³-hybridized carbons (Fsp3) is 0.462. The van der Waals surface area contributed by atoms with Crippen molar-refractivity contribution in [2.24, 2.45) is 5.73 Å². The van der Waals surface area contributed by atoms with E-state index in [0.29, 0.717) is 12.1 Å². The maximum atomic E-state index is 12.5. The number of hydrogen-bond donors (Lipinski definition) is 2. The molecule has 0 unspecified atom stereocenters. The third-order valence-corrected chi connectivity index (χ3v) is 1.93. The number of benzene rings is 1. The highest BCUT2D eigenvalue weighted by molar-refractivity contribution is 5.94. The zero-order valence-corrected chi connectivity index (χ0v) is 10.5. The van der Waals surface area contributed by atoms with Crippen LogP contribution in [0.25, 0.3) is 0 Å². The predicted octanol–water partition coefficient (Wildman–Crippen LogP) is 2.32. The van der Waals surface area contributed by atoms with Crippen molar-refractivity contribution >= 4 is 5.91 Å². The van der Waals surface area contributed by atoms with Crippen molar-refractivity contribution in [3.8, 4) is 0 Å². The van der Waals surface area contributed by atoms with Gasteiger partial charge in [0.15, 0.2) is 0 Å². The molecule has 17 heavy (non-hydrogen) atoms. The van der Waals surface area contributed by atoms with Crippen LogP contribution in [-0.4, -0.2) is 19.0 Å². The van der Waals surface area contributed by atoms with E-state index >= 15 is 0 Å². The zero-order chi connectivity index (χ0) is 13.1. The molecular weight excluding hydrogens is 219 g/mol. The van der Waals surface area contributed by atoms with Crippen molar-refractivity contribution in [1.82, 2.24) is 5.32 Å². The second-order valence-corrected chi connectivity index (χ2v) is 3.55. The normalized spacial score (nSPS) is 9.18. The van der Waals surface area contributed by atoms with Gasteiger partial charge in [-0.15, -0.1) is 0 Å². The van der Waals surface area contributed by atoms with E-state index in [1.807, 2.05) is 6.92 Å². The summed E-state index contributed by atoms with van der Waals surface area (Å²) in [5, 5.41) is 2.71. The largest absolute Gasteiger partial charge is 0.352 e. The zero-order valence-electron chi connectivity index (χ0n) is 10.5. The summed E-state index contributed by atoms with van der Waals surface area (Å²) >= 11 is 0. The van der Waals surface area contributed by atoms with E-state index in [9.17, 15) is 9.18 Å². The summed E-state index contributed by atoms with van der Waals surface area (Å²) in [5.74, 6) is -0.478. The molecule has 0 aliphatic heterocycles. The Morgan fingerprint density at radius 3 is 2.18 bits per heavy atom. The van der Waals surface area contributed by atoms with E-state index in [-0.39, 0.29) is 11.7 Å². The molecule has 0 aromatic heterocycles. The van der Waals surface area contributed by atoms with Crippen LogP contribution >= 0.6 is 0 Å². The van der Waals surface area contributed by atoms with Gasteiger partial charge in [-0.25, -0.2) is 4.39 Å². The van der Waals surface area contributed by atoms with Crippen LogP contribution in [0, 0.1) is 5.82 Å². The monoisotopic (exact) mass is 240 g/mol. The van der Waals surface area contributed by atoms with Crippen molar-refractivity contribution in [3.05, 3.63) is 35.6 Å². The average Bonchev–Trinajstić information content (AvgIpc) is 2.37. The highest BCUT2D eigenvalue weighted by Crippen LogP contribution is 2.02. The molecule has 0 bridgehead atoms. The molecule has 96 valence electrons. The Morgan fingerprint density at radius 1 is 1.24 bits per heavy atom. The van der Waals surface area contributed by atoms with Crippen molar-refractivity contribution in [2.75, 3.05) is 13.1 Å². The Hall–Kier alpha value is -1.42. The van der Waals surface area contributed by atoms with Gasteiger partial charge in [-0.05, 0) is 43.7 Å². The molecule has 0 heterocycles. The summed E-state index contributed by atoms with van der Waals surface area (Å²) in [7, 11) is 0. The minimum Gasteiger partial charge on any atom is -0.352 e. The Morgan fingerprint density at radius 2 is 1.76 bits per heavy atom. The van der Waals surface area contributed by atoms with Gasteiger partial charge in [-0.2, -0.15) is 0 Å². The molecule has 0 spiro atoms. The highest BCUT2D eigenvalue weighted by atomic mass is 19.1. The van der Waals surface area contributed by atoms with E-state index in [1.54, 1.807) is 0 Å². The third-order valence-electron chi connectivity index (χ3n) is 1.93. The summed E-state index contributed by atoms with van der Waals surface area (Å²) in [5.41, 5.74) is 5.52. The molecule has 1 aromatic rings. The molecule has 1 amide bonds. The number of rotatable bonds is 4. The van der Waals surface area contributed by atoms with Crippen molar-refractivity contribution < 1.29 is 9.18 Å². The molecule has 0 aliphatic rings. The predicted molar refractivity (Wildman–Crippen MR) is 68.4 cm³/mol. The van der Waals surface area contributed by atoms with Gasteiger partial charge in [0.25, 0.3) is 5.91 Å². The lowest BCUT2D eigenvalue weighted by atomic mass is 10.2. The molecule has 0 saturated carbocycles. The van der Waals surface area contributed by atoms with Gasteiger partial charge in [-0.1, -0.05) is 13.8 Å². The first-order valence-electron chi connectivity index (χ1n) is 5.89. The van der Waals surface area contributed by atoms with Gasteiger partial charge in [-0.3, -0.25) is 4.79 Å². The topological polar surface area (TPSA) is 55.1 Å². The van der Waals surface area contributed by atoms with Crippen LogP contribution in [0.1, 0.15) is 37.0 Å². The lowest BCUT2D eigenvalue weighted by Gasteiger charge is -2.02. The van der Waals surface area contributed by atoms with Crippen LogP contribution in [0.2, 0.25) is 0 Å². The minimum absolute atomic E-state index is 0.151.